The number of ether oxygens (including phenoxy) is 1. The number of hydrogen-bond acceptors (Lipinski definition) is 3. The Morgan fingerprint density at radius 1 is 1.26 bits per heavy atom. The minimum absolute atomic E-state index is 0.286. The molecule has 0 heterocycles. The highest BCUT2D eigenvalue weighted by Crippen LogP contribution is 2.68. The molecule has 3 N–H and O–H groups in total. The molecule has 0 amide bonds. The molecule has 1 aliphatic carbocycles. The van der Waals surface area contributed by atoms with Crippen LogP contribution in [0.15, 0.2) is 12.1 Å². The first-order valence-electron chi connectivity index (χ1n) is 6.58. The molecule has 4 heteroatoms. The molecule has 0 bridgehead atoms. The predicted octanol–water partition coefficient (Wildman–Crippen LogP) is 3.51. The molecule has 0 saturated heterocycles. The van der Waals surface area contributed by atoms with Crippen LogP contribution < -0.4 is 15.8 Å². The van der Waals surface area contributed by atoms with E-state index in [9.17, 15) is 4.39 Å². The van der Waals surface area contributed by atoms with Gasteiger partial charge in [-0.15, -0.1) is 0 Å². The lowest BCUT2D eigenvalue weighted by Gasteiger charge is -2.12. The summed E-state index contributed by atoms with van der Waals surface area (Å²) in [6, 6.07) is 2.91. The van der Waals surface area contributed by atoms with E-state index in [4.69, 9.17) is 10.5 Å². The summed E-state index contributed by atoms with van der Waals surface area (Å²) in [6.45, 7) is 9.75. The van der Waals surface area contributed by atoms with Crippen LogP contribution in [0.5, 0.6) is 5.75 Å². The van der Waals surface area contributed by atoms with E-state index < -0.39 is 0 Å². The highest BCUT2D eigenvalue weighted by Gasteiger charge is 2.64. The number of benzene rings is 1. The Morgan fingerprint density at radius 3 is 2.32 bits per heavy atom. The Labute approximate surface area is 114 Å². The second-order valence-corrected chi connectivity index (χ2v) is 6.45. The molecule has 0 unspecified atom stereocenters. The largest absolute Gasteiger partial charge is 0.495 e. The van der Waals surface area contributed by atoms with Crippen molar-refractivity contribution in [2.45, 2.75) is 27.7 Å². The van der Waals surface area contributed by atoms with Crippen LogP contribution in [0, 0.1) is 22.6 Å². The van der Waals surface area contributed by atoms with Gasteiger partial charge < -0.3 is 15.8 Å². The van der Waals surface area contributed by atoms with Gasteiger partial charge in [0, 0.05) is 18.7 Å². The summed E-state index contributed by atoms with van der Waals surface area (Å²) in [5.74, 6) is 0.690. The van der Waals surface area contributed by atoms with E-state index in [1.54, 1.807) is 6.07 Å². The van der Waals surface area contributed by atoms with Gasteiger partial charge in [0.1, 0.15) is 11.6 Å². The topological polar surface area (TPSA) is 47.3 Å². The molecule has 0 radical (unpaired) electrons. The van der Waals surface area contributed by atoms with Gasteiger partial charge in [-0.2, -0.15) is 0 Å². The molecule has 2 rings (SSSR count). The fourth-order valence-corrected chi connectivity index (χ4v) is 2.94. The number of nitrogens with two attached hydrogens (primary N) is 1. The third-order valence-electron chi connectivity index (χ3n) is 5.14. The monoisotopic (exact) mass is 266 g/mol. The highest BCUT2D eigenvalue weighted by atomic mass is 19.1. The standard InChI is InChI=1S/C15H23FN2O/c1-14(2)13(15(14,3)4)8-18-11-7-12(19-5)10(17)6-9(11)16/h6-7,13,18H,8,17H2,1-5H3. The SMILES string of the molecule is COc1cc(NCC2C(C)(C)C2(C)C)c(F)cc1N. The summed E-state index contributed by atoms with van der Waals surface area (Å²) in [6.07, 6.45) is 0. The Hall–Kier alpha value is -1.45. The van der Waals surface area contributed by atoms with Crippen molar-refractivity contribution in [3.63, 3.8) is 0 Å². The van der Waals surface area contributed by atoms with Crippen molar-refractivity contribution < 1.29 is 9.13 Å². The number of hydrogen-bond donors (Lipinski definition) is 2. The molecule has 1 saturated carbocycles. The van der Waals surface area contributed by atoms with Crippen molar-refractivity contribution in [3.8, 4) is 5.75 Å². The summed E-state index contributed by atoms with van der Waals surface area (Å²) in [5.41, 5.74) is 7.00. The van der Waals surface area contributed by atoms with Crippen LogP contribution in [0.4, 0.5) is 15.8 Å². The second kappa shape index (κ2) is 4.29. The van der Waals surface area contributed by atoms with Gasteiger partial charge in [0.15, 0.2) is 0 Å². The number of methoxy groups -OCH3 is 1. The van der Waals surface area contributed by atoms with E-state index >= 15 is 0 Å². The molecule has 0 spiro atoms. The number of nitrogen functional groups attached to an aromatic ring is 1. The lowest BCUT2D eigenvalue weighted by atomic mass is 10.0. The summed E-state index contributed by atoms with van der Waals surface area (Å²) in [4.78, 5) is 0. The summed E-state index contributed by atoms with van der Waals surface area (Å²) < 4.78 is 18.9. The molecule has 106 valence electrons. The van der Waals surface area contributed by atoms with E-state index in [0.717, 1.165) is 6.54 Å². The molecular formula is C15H23FN2O. The Bertz CT molecular complexity index is 483. The zero-order valence-electron chi connectivity index (χ0n) is 12.3. The highest BCUT2D eigenvalue weighted by molar-refractivity contribution is 5.62. The van der Waals surface area contributed by atoms with Crippen molar-refractivity contribution in [1.82, 2.24) is 0 Å². The van der Waals surface area contributed by atoms with Crippen molar-refractivity contribution in [2.75, 3.05) is 24.7 Å². The maximum atomic E-state index is 13.8. The molecule has 0 aromatic heterocycles. The average molecular weight is 266 g/mol. The Kier molecular flexibility index (Phi) is 3.15. The molecule has 19 heavy (non-hydrogen) atoms. The molecule has 1 aromatic carbocycles. The molecule has 1 aromatic rings. The Morgan fingerprint density at radius 2 is 1.84 bits per heavy atom. The smallest absolute Gasteiger partial charge is 0.148 e. The number of halogens is 1. The molecular weight excluding hydrogens is 243 g/mol. The quantitative estimate of drug-likeness (QED) is 0.820. The molecule has 0 atom stereocenters. The van der Waals surface area contributed by atoms with E-state index in [-0.39, 0.29) is 16.6 Å². The lowest BCUT2D eigenvalue weighted by Crippen LogP contribution is -2.10. The van der Waals surface area contributed by atoms with E-state index in [1.807, 2.05) is 0 Å². The van der Waals surface area contributed by atoms with Gasteiger partial charge in [-0.1, -0.05) is 27.7 Å². The Balaban J connectivity index is 2.09. The van der Waals surface area contributed by atoms with Gasteiger partial charge in [-0.3, -0.25) is 0 Å². The maximum absolute atomic E-state index is 13.8. The molecule has 1 aliphatic rings. The van der Waals surface area contributed by atoms with Crippen LogP contribution in [0.3, 0.4) is 0 Å². The summed E-state index contributed by atoms with van der Waals surface area (Å²) in [5, 5.41) is 3.18. The van der Waals surface area contributed by atoms with Crippen LogP contribution >= 0.6 is 0 Å². The normalized spacial score (nSPS) is 20.1. The van der Waals surface area contributed by atoms with Gasteiger partial charge in [-0.25, -0.2) is 4.39 Å². The van der Waals surface area contributed by atoms with Gasteiger partial charge >= 0.3 is 0 Å². The van der Waals surface area contributed by atoms with Gasteiger partial charge in [0.2, 0.25) is 0 Å². The van der Waals surface area contributed by atoms with Crippen molar-refractivity contribution in [3.05, 3.63) is 17.9 Å². The lowest BCUT2D eigenvalue weighted by molar-refractivity contribution is 0.416. The van der Waals surface area contributed by atoms with E-state index in [2.05, 4.69) is 33.0 Å². The second-order valence-electron chi connectivity index (χ2n) is 6.45. The first-order valence-corrected chi connectivity index (χ1v) is 6.58. The first-order chi connectivity index (χ1) is 8.71. The zero-order chi connectivity index (χ0) is 14.4. The van der Waals surface area contributed by atoms with Crippen LogP contribution in [0.2, 0.25) is 0 Å². The third-order valence-corrected chi connectivity index (χ3v) is 5.14. The van der Waals surface area contributed by atoms with Crippen LogP contribution in [-0.4, -0.2) is 13.7 Å². The minimum atomic E-state index is -0.338. The van der Waals surface area contributed by atoms with Crippen molar-refractivity contribution >= 4 is 11.4 Å². The predicted molar refractivity (Wildman–Crippen MR) is 76.9 cm³/mol. The fourth-order valence-electron chi connectivity index (χ4n) is 2.94. The van der Waals surface area contributed by atoms with Crippen LogP contribution in [0.25, 0.3) is 0 Å². The number of nitrogens with one attached hydrogen (secondary N) is 1. The van der Waals surface area contributed by atoms with Gasteiger partial charge in [0.25, 0.3) is 0 Å². The zero-order valence-corrected chi connectivity index (χ0v) is 12.3. The maximum Gasteiger partial charge on any atom is 0.148 e. The van der Waals surface area contributed by atoms with Crippen molar-refractivity contribution in [2.24, 2.45) is 16.7 Å². The summed E-state index contributed by atoms with van der Waals surface area (Å²) >= 11 is 0. The van der Waals surface area contributed by atoms with Crippen LogP contribution in [0.1, 0.15) is 27.7 Å². The van der Waals surface area contributed by atoms with Crippen LogP contribution in [-0.2, 0) is 0 Å². The van der Waals surface area contributed by atoms with Gasteiger partial charge in [0.05, 0.1) is 18.5 Å². The number of rotatable bonds is 4. The molecule has 1 fully saturated rings. The van der Waals surface area contributed by atoms with E-state index in [0.29, 0.717) is 23.0 Å². The minimum Gasteiger partial charge on any atom is -0.495 e. The average Bonchev–Trinajstić information content (AvgIpc) is 2.69. The van der Waals surface area contributed by atoms with E-state index in [1.165, 1.54) is 13.2 Å². The molecule has 0 aliphatic heterocycles. The third kappa shape index (κ3) is 2.13. The van der Waals surface area contributed by atoms with Crippen molar-refractivity contribution in [1.29, 1.82) is 0 Å². The number of anilines is 2. The summed E-state index contributed by atoms with van der Waals surface area (Å²) in [7, 11) is 1.53. The van der Waals surface area contributed by atoms with Gasteiger partial charge in [-0.05, 0) is 16.7 Å². The fraction of sp³-hybridized carbons (Fsp3) is 0.600. The molecule has 3 nitrogen and oxygen atoms in total. The first kappa shape index (κ1) is 14.0.